The van der Waals surface area contributed by atoms with Gasteiger partial charge in [0.1, 0.15) is 12.7 Å². The third-order valence-electron chi connectivity index (χ3n) is 3.23. The summed E-state index contributed by atoms with van der Waals surface area (Å²) in [6.45, 7) is 4.72. The molecule has 17 heavy (non-hydrogen) atoms. The highest BCUT2D eigenvalue weighted by molar-refractivity contribution is 5.76. The molecular weight excluding hydrogens is 218 g/mol. The number of nitrogens with one attached hydrogen (secondary N) is 2. The number of rotatable bonds is 5. The molecular formula is C11H19N5O. The van der Waals surface area contributed by atoms with Crippen LogP contribution in [0.1, 0.15) is 19.8 Å². The third kappa shape index (κ3) is 3.52. The van der Waals surface area contributed by atoms with Gasteiger partial charge in [-0.15, -0.1) is 0 Å². The van der Waals surface area contributed by atoms with Crippen LogP contribution >= 0.6 is 0 Å². The Labute approximate surface area is 101 Å². The largest absolute Gasteiger partial charge is 0.353 e. The molecule has 1 saturated heterocycles. The maximum absolute atomic E-state index is 11.7. The zero-order chi connectivity index (χ0) is 12.1. The highest BCUT2D eigenvalue weighted by atomic mass is 16.1. The zero-order valence-corrected chi connectivity index (χ0v) is 10.1. The van der Waals surface area contributed by atoms with Gasteiger partial charge in [-0.05, 0) is 32.4 Å². The van der Waals surface area contributed by atoms with Crippen LogP contribution in [0.15, 0.2) is 12.7 Å². The molecule has 0 radical (unpaired) electrons. The summed E-state index contributed by atoms with van der Waals surface area (Å²) in [5, 5.41) is 10.3. The molecule has 2 heterocycles. The SMILES string of the molecule is CC(NC(=O)CCn1cncn1)C1CCNC1. The molecule has 1 fully saturated rings. The van der Waals surface area contributed by atoms with Crippen molar-refractivity contribution in [2.45, 2.75) is 32.4 Å². The average Bonchev–Trinajstić information content (AvgIpc) is 2.99. The van der Waals surface area contributed by atoms with E-state index in [4.69, 9.17) is 0 Å². The van der Waals surface area contributed by atoms with Crippen LogP contribution < -0.4 is 10.6 Å². The summed E-state index contributed by atoms with van der Waals surface area (Å²) < 4.78 is 1.67. The van der Waals surface area contributed by atoms with Crippen LogP contribution in [0.4, 0.5) is 0 Å². The highest BCUT2D eigenvalue weighted by Gasteiger charge is 2.22. The number of aromatic nitrogens is 3. The lowest BCUT2D eigenvalue weighted by molar-refractivity contribution is -0.122. The van der Waals surface area contributed by atoms with E-state index >= 15 is 0 Å². The van der Waals surface area contributed by atoms with Gasteiger partial charge in [0.25, 0.3) is 0 Å². The van der Waals surface area contributed by atoms with Crippen molar-refractivity contribution < 1.29 is 4.79 Å². The van der Waals surface area contributed by atoms with E-state index in [2.05, 4.69) is 27.6 Å². The maximum Gasteiger partial charge on any atom is 0.222 e. The topological polar surface area (TPSA) is 71.8 Å². The third-order valence-corrected chi connectivity index (χ3v) is 3.23. The molecule has 1 aromatic heterocycles. The molecule has 2 atom stereocenters. The molecule has 0 aromatic carbocycles. The van der Waals surface area contributed by atoms with Crippen molar-refractivity contribution in [1.29, 1.82) is 0 Å². The van der Waals surface area contributed by atoms with E-state index in [9.17, 15) is 4.79 Å². The molecule has 6 nitrogen and oxygen atoms in total. The minimum atomic E-state index is 0.0832. The molecule has 0 bridgehead atoms. The van der Waals surface area contributed by atoms with Crippen molar-refractivity contribution in [3.8, 4) is 0 Å². The number of carbonyl (C=O) groups excluding carboxylic acids is 1. The fourth-order valence-electron chi connectivity index (χ4n) is 2.11. The Morgan fingerprint density at radius 2 is 2.59 bits per heavy atom. The van der Waals surface area contributed by atoms with Gasteiger partial charge in [0.05, 0.1) is 6.54 Å². The van der Waals surface area contributed by atoms with Gasteiger partial charge < -0.3 is 10.6 Å². The van der Waals surface area contributed by atoms with Crippen LogP contribution in [0.25, 0.3) is 0 Å². The van der Waals surface area contributed by atoms with Crippen LogP contribution in [0.5, 0.6) is 0 Å². The van der Waals surface area contributed by atoms with E-state index in [-0.39, 0.29) is 11.9 Å². The molecule has 1 aliphatic heterocycles. The number of amides is 1. The molecule has 6 heteroatoms. The molecule has 0 aliphatic carbocycles. The lowest BCUT2D eigenvalue weighted by Crippen LogP contribution is -2.39. The lowest BCUT2D eigenvalue weighted by atomic mass is 10.0. The number of hydrogen-bond acceptors (Lipinski definition) is 4. The van der Waals surface area contributed by atoms with Gasteiger partial charge in [0, 0.05) is 12.5 Å². The summed E-state index contributed by atoms with van der Waals surface area (Å²) in [6.07, 6.45) is 4.70. The van der Waals surface area contributed by atoms with Crippen molar-refractivity contribution in [3.63, 3.8) is 0 Å². The summed E-state index contributed by atoms with van der Waals surface area (Å²) in [6, 6.07) is 0.244. The molecule has 1 amide bonds. The first-order valence-electron chi connectivity index (χ1n) is 6.08. The molecule has 0 spiro atoms. The van der Waals surface area contributed by atoms with Crippen LogP contribution in [0, 0.1) is 5.92 Å². The second-order valence-corrected chi connectivity index (χ2v) is 4.52. The highest BCUT2D eigenvalue weighted by Crippen LogP contribution is 2.12. The van der Waals surface area contributed by atoms with Gasteiger partial charge in [0.15, 0.2) is 0 Å². The molecule has 2 N–H and O–H groups in total. The fraction of sp³-hybridized carbons (Fsp3) is 0.727. The predicted molar refractivity (Wildman–Crippen MR) is 63.2 cm³/mol. The smallest absolute Gasteiger partial charge is 0.222 e. The van der Waals surface area contributed by atoms with Crippen LogP contribution in [-0.4, -0.2) is 39.8 Å². The maximum atomic E-state index is 11.7. The number of carbonyl (C=O) groups is 1. The average molecular weight is 237 g/mol. The summed E-state index contributed by atoms with van der Waals surface area (Å²) in [7, 11) is 0. The summed E-state index contributed by atoms with van der Waals surface area (Å²) in [5.41, 5.74) is 0. The summed E-state index contributed by atoms with van der Waals surface area (Å²) in [4.78, 5) is 15.5. The van der Waals surface area contributed by atoms with Crippen LogP contribution in [-0.2, 0) is 11.3 Å². The number of aryl methyl sites for hydroxylation is 1. The molecule has 1 aliphatic rings. The van der Waals surface area contributed by atoms with E-state index < -0.39 is 0 Å². The second kappa shape index (κ2) is 5.77. The van der Waals surface area contributed by atoms with Gasteiger partial charge in [-0.1, -0.05) is 0 Å². The standard InChI is InChI=1S/C11H19N5O/c1-9(10-2-4-12-6-10)15-11(17)3-5-16-8-13-7-14-16/h7-10,12H,2-6H2,1H3,(H,15,17). The van der Waals surface area contributed by atoms with Gasteiger partial charge >= 0.3 is 0 Å². The Morgan fingerprint density at radius 1 is 1.71 bits per heavy atom. The summed E-state index contributed by atoms with van der Waals surface area (Å²) in [5.74, 6) is 0.644. The Bertz CT molecular complexity index is 345. The van der Waals surface area contributed by atoms with Gasteiger partial charge in [-0.2, -0.15) is 5.10 Å². The van der Waals surface area contributed by atoms with Crippen LogP contribution in [0.2, 0.25) is 0 Å². The van der Waals surface area contributed by atoms with Gasteiger partial charge in [-0.3, -0.25) is 9.48 Å². The fourth-order valence-corrected chi connectivity index (χ4v) is 2.11. The Kier molecular flexibility index (Phi) is 4.08. The van der Waals surface area contributed by atoms with Crippen molar-refractivity contribution >= 4 is 5.91 Å². The number of hydrogen-bond donors (Lipinski definition) is 2. The number of nitrogens with zero attached hydrogens (tertiary/aromatic N) is 3. The van der Waals surface area contributed by atoms with Crippen molar-refractivity contribution in [1.82, 2.24) is 25.4 Å². The second-order valence-electron chi connectivity index (χ2n) is 4.52. The summed E-state index contributed by atoms with van der Waals surface area (Å²) >= 11 is 0. The first-order valence-corrected chi connectivity index (χ1v) is 6.08. The van der Waals surface area contributed by atoms with Gasteiger partial charge in [-0.25, -0.2) is 4.98 Å². The van der Waals surface area contributed by atoms with Gasteiger partial charge in [0.2, 0.25) is 5.91 Å². The Morgan fingerprint density at radius 3 is 3.24 bits per heavy atom. The van der Waals surface area contributed by atoms with E-state index in [1.807, 2.05) is 0 Å². The van der Waals surface area contributed by atoms with Crippen molar-refractivity contribution in [2.75, 3.05) is 13.1 Å². The minimum absolute atomic E-state index is 0.0832. The quantitative estimate of drug-likeness (QED) is 0.743. The first kappa shape index (κ1) is 12.0. The minimum Gasteiger partial charge on any atom is -0.353 e. The van der Waals surface area contributed by atoms with E-state index in [1.165, 1.54) is 6.33 Å². The molecule has 2 rings (SSSR count). The van der Waals surface area contributed by atoms with E-state index in [1.54, 1.807) is 11.0 Å². The van der Waals surface area contributed by atoms with Crippen molar-refractivity contribution in [3.05, 3.63) is 12.7 Å². The molecule has 1 aromatic rings. The Balaban J connectivity index is 1.69. The molecule has 2 unspecified atom stereocenters. The Hall–Kier alpha value is -1.43. The normalized spacial score (nSPS) is 21.4. The van der Waals surface area contributed by atoms with Crippen molar-refractivity contribution in [2.24, 2.45) is 5.92 Å². The lowest BCUT2D eigenvalue weighted by Gasteiger charge is -2.19. The zero-order valence-electron chi connectivity index (χ0n) is 10.1. The monoisotopic (exact) mass is 237 g/mol. The molecule has 0 saturated carbocycles. The van der Waals surface area contributed by atoms with E-state index in [0.29, 0.717) is 18.9 Å². The predicted octanol–water partition coefficient (Wildman–Crippen LogP) is -0.218. The van der Waals surface area contributed by atoms with E-state index in [0.717, 1.165) is 19.5 Å². The molecule has 94 valence electrons. The first-order chi connectivity index (χ1) is 8.25. The van der Waals surface area contributed by atoms with Crippen LogP contribution in [0.3, 0.4) is 0 Å².